The minimum atomic E-state index is -0.564. The molecule has 0 fully saturated rings. The number of rotatable bonds is 10. The first kappa shape index (κ1) is 33.1. The Morgan fingerprint density at radius 3 is 2.04 bits per heavy atom. The van der Waals surface area contributed by atoms with Crippen LogP contribution in [-0.4, -0.2) is 11.5 Å². The van der Waals surface area contributed by atoms with Gasteiger partial charge in [0.25, 0.3) is 0 Å². The van der Waals surface area contributed by atoms with E-state index < -0.39 is 5.41 Å². The van der Waals surface area contributed by atoms with E-state index in [-0.39, 0.29) is 0 Å². The quantitative estimate of drug-likeness (QED) is 0.0916. The zero-order chi connectivity index (χ0) is 36.5. The van der Waals surface area contributed by atoms with E-state index >= 15 is 0 Å². The Labute approximate surface area is 317 Å². The summed E-state index contributed by atoms with van der Waals surface area (Å²) in [6.07, 6.45) is 11.5. The molecule has 1 aromatic heterocycles. The molecule has 3 aliphatic rings. The number of hydrogen-bond donors (Lipinski definition) is 5. The van der Waals surface area contributed by atoms with Crippen molar-refractivity contribution in [1.29, 1.82) is 0 Å². The van der Waals surface area contributed by atoms with Crippen LogP contribution in [0.25, 0.3) is 16.8 Å². The van der Waals surface area contributed by atoms with Gasteiger partial charge in [-0.25, -0.2) is 0 Å². The van der Waals surface area contributed by atoms with Crippen LogP contribution in [0.3, 0.4) is 0 Å². The smallest absolute Gasteiger partial charge is 0.0912 e. The van der Waals surface area contributed by atoms with Crippen LogP contribution in [0.2, 0.25) is 0 Å². The highest BCUT2D eigenvalue weighted by molar-refractivity contribution is 5.96. The fraction of sp³-hybridized carbons (Fsp3) is 0.104. The highest BCUT2D eigenvalue weighted by Crippen LogP contribution is 2.62. The molecule has 1 atom stereocenters. The Hall–Kier alpha value is -6.79. The molecule has 9 rings (SSSR count). The Bertz CT molecular complexity index is 2490. The minimum absolute atomic E-state index is 0.564. The summed E-state index contributed by atoms with van der Waals surface area (Å²) in [4.78, 5) is 5.00. The largest absolute Gasteiger partial charge is 0.380 e. The van der Waals surface area contributed by atoms with Crippen LogP contribution < -0.4 is 26.6 Å². The fourth-order valence-electron chi connectivity index (χ4n) is 8.27. The molecule has 0 amide bonds. The van der Waals surface area contributed by atoms with Crippen LogP contribution in [0, 0.1) is 0 Å². The van der Waals surface area contributed by atoms with E-state index in [1.165, 1.54) is 33.4 Å². The molecule has 54 heavy (non-hydrogen) atoms. The van der Waals surface area contributed by atoms with Gasteiger partial charge in [0, 0.05) is 41.2 Å². The average Bonchev–Trinajstić information content (AvgIpc) is 3.68. The van der Waals surface area contributed by atoms with Crippen molar-refractivity contribution in [2.45, 2.75) is 25.7 Å². The number of fused-ring (bicyclic) bond motifs is 9. The lowest BCUT2D eigenvalue weighted by molar-refractivity contribution is 0.777. The van der Waals surface area contributed by atoms with Gasteiger partial charge in [0.2, 0.25) is 0 Å². The Morgan fingerprint density at radius 1 is 0.685 bits per heavy atom. The number of benzene rings is 5. The maximum absolute atomic E-state index is 5.00. The molecular formula is C48H42N6. The second kappa shape index (κ2) is 14.0. The van der Waals surface area contributed by atoms with Gasteiger partial charge < -0.3 is 26.6 Å². The standard InChI is InChI=1S/C48H42N6/c1-3-15-43(42(4-2)51-32-16-7-5-8-17-32)53-34-24-26-36-37-27-25-35(54-45-23-12-11-22-44(45)52-33-18-9-6-10-19-33)31-41(37)48(40(36)30-34)38-20-13-28-49-46(38)47-39(48)21-14-29-50-47/h3,5-28,30-31,50-54H,4,29H2,1-2H3/b15-3-,43-42-. The number of pyridine rings is 1. The number of para-hydroxylation sites is 4. The first-order chi connectivity index (χ1) is 26.7. The van der Waals surface area contributed by atoms with E-state index in [1.807, 2.05) is 30.5 Å². The van der Waals surface area contributed by atoms with E-state index in [2.05, 4.69) is 174 Å². The molecule has 6 nitrogen and oxygen atoms in total. The van der Waals surface area contributed by atoms with E-state index in [9.17, 15) is 0 Å². The van der Waals surface area contributed by atoms with Crippen molar-refractivity contribution >= 4 is 39.8 Å². The number of dihydropyridines is 1. The van der Waals surface area contributed by atoms with Crippen LogP contribution >= 0.6 is 0 Å². The van der Waals surface area contributed by atoms with Crippen LogP contribution in [0.15, 0.2) is 181 Å². The summed E-state index contributed by atoms with van der Waals surface area (Å²) in [7, 11) is 0. The second-order valence-electron chi connectivity index (χ2n) is 13.8. The van der Waals surface area contributed by atoms with Crippen molar-refractivity contribution in [3.05, 3.63) is 203 Å². The molecule has 1 unspecified atom stereocenters. The molecule has 6 aromatic rings. The lowest BCUT2D eigenvalue weighted by atomic mass is 9.69. The second-order valence-corrected chi connectivity index (χ2v) is 13.8. The molecule has 0 saturated carbocycles. The third-order valence-corrected chi connectivity index (χ3v) is 10.6. The van der Waals surface area contributed by atoms with Gasteiger partial charge in [-0.05, 0) is 120 Å². The van der Waals surface area contributed by atoms with Crippen molar-refractivity contribution in [2.75, 3.05) is 27.8 Å². The Morgan fingerprint density at radius 2 is 1.33 bits per heavy atom. The monoisotopic (exact) mass is 702 g/mol. The fourth-order valence-corrected chi connectivity index (χ4v) is 8.27. The average molecular weight is 703 g/mol. The van der Waals surface area contributed by atoms with Gasteiger partial charge in [-0.2, -0.15) is 0 Å². The highest BCUT2D eigenvalue weighted by Gasteiger charge is 2.53. The van der Waals surface area contributed by atoms with Gasteiger partial charge in [-0.3, -0.25) is 4.98 Å². The highest BCUT2D eigenvalue weighted by atomic mass is 15.0. The predicted octanol–water partition coefficient (Wildman–Crippen LogP) is 11.5. The lowest BCUT2D eigenvalue weighted by Crippen LogP contribution is -2.28. The van der Waals surface area contributed by atoms with Crippen molar-refractivity contribution in [3.63, 3.8) is 0 Å². The molecular weight excluding hydrogens is 661 g/mol. The topological polar surface area (TPSA) is 73.0 Å². The van der Waals surface area contributed by atoms with Crippen LogP contribution in [0.1, 0.15) is 42.7 Å². The third kappa shape index (κ3) is 5.64. The first-order valence-corrected chi connectivity index (χ1v) is 18.7. The van der Waals surface area contributed by atoms with Crippen molar-refractivity contribution in [3.8, 4) is 11.1 Å². The summed E-state index contributed by atoms with van der Waals surface area (Å²) in [6.45, 7) is 5.02. The van der Waals surface area contributed by atoms with Gasteiger partial charge in [0.05, 0.1) is 33.9 Å². The van der Waals surface area contributed by atoms with E-state index in [1.54, 1.807) is 0 Å². The van der Waals surface area contributed by atoms with Crippen molar-refractivity contribution < 1.29 is 0 Å². The number of aromatic nitrogens is 1. The number of nitrogens with one attached hydrogen (secondary N) is 5. The molecule has 0 saturated heterocycles. The van der Waals surface area contributed by atoms with E-state index in [0.717, 1.165) is 69.9 Å². The van der Waals surface area contributed by atoms with E-state index in [4.69, 9.17) is 4.98 Å². The number of hydrogen-bond acceptors (Lipinski definition) is 6. The normalized spacial score (nSPS) is 16.6. The molecule has 5 aromatic carbocycles. The van der Waals surface area contributed by atoms with Crippen molar-refractivity contribution in [2.24, 2.45) is 0 Å². The minimum Gasteiger partial charge on any atom is -0.380 e. The molecule has 5 N–H and O–H groups in total. The number of nitrogens with zero attached hydrogens (tertiary/aromatic N) is 1. The zero-order valence-electron chi connectivity index (χ0n) is 30.4. The van der Waals surface area contributed by atoms with Gasteiger partial charge in [0.1, 0.15) is 0 Å². The first-order valence-electron chi connectivity index (χ1n) is 18.7. The summed E-state index contributed by atoms with van der Waals surface area (Å²) in [5, 5.41) is 18.6. The van der Waals surface area contributed by atoms with Crippen LogP contribution in [-0.2, 0) is 5.41 Å². The van der Waals surface area contributed by atoms with E-state index in [0.29, 0.717) is 0 Å². The van der Waals surface area contributed by atoms with Crippen LogP contribution in [0.4, 0.5) is 34.1 Å². The van der Waals surface area contributed by atoms with Gasteiger partial charge in [-0.15, -0.1) is 0 Å². The lowest BCUT2D eigenvalue weighted by Gasteiger charge is -2.32. The summed E-state index contributed by atoms with van der Waals surface area (Å²) in [5.41, 5.74) is 17.2. The Balaban J connectivity index is 1.17. The zero-order valence-corrected chi connectivity index (χ0v) is 30.4. The molecule has 6 heteroatoms. The maximum atomic E-state index is 5.00. The summed E-state index contributed by atoms with van der Waals surface area (Å²) >= 11 is 0. The molecule has 0 radical (unpaired) electrons. The van der Waals surface area contributed by atoms with Gasteiger partial charge in [-0.1, -0.05) is 91.9 Å². The molecule has 2 aliphatic carbocycles. The third-order valence-electron chi connectivity index (χ3n) is 10.6. The SMILES string of the molecule is C/C=C\C(Nc1ccc2c(c1)C1(C3=C(NCC=C3)c3ncccc31)c1cc(Nc3ccccc3Nc3ccccc3)ccc1-2)=C(/CC)Nc1ccccc1. The molecule has 1 aliphatic heterocycles. The summed E-state index contributed by atoms with van der Waals surface area (Å²) in [6, 6.07) is 47.0. The van der Waals surface area contributed by atoms with Crippen LogP contribution in [0.5, 0.6) is 0 Å². The van der Waals surface area contributed by atoms with Gasteiger partial charge >= 0.3 is 0 Å². The van der Waals surface area contributed by atoms with Crippen molar-refractivity contribution in [1.82, 2.24) is 10.3 Å². The molecule has 2 heterocycles. The molecule has 264 valence electrons. The Kier molecular flexibility index (Phi) is 8.56. The van der Waals surface area contributed by atoms with Gasteiger partial charge in [0.15, 0.2) is 0 Å². The number of anilines is 6. The molecule has 0 bridgehead atoms. The molecule has 1 spiro atoms. The maximum Gasteiger partial charge on any atom is 0.0912 e. The summed E-state index contributed by atoms with van der Waals surface area (Å²) < 4.78 is 0. The predicted molar refractivity (Wildman–Crippen MR) is 225 cm³/mol. The summed E-state index contributed by atoms with van der Waals surface area (Å²) in [5.74, 6) is 0. The number of allylic oxidation sites excluding steroid dienone is 5.